The van der Waals surface area contributed by atoms with Gasteiger partial charge in [-0.15, -0.1) is 0 Å². The highest BCUT2D eigenvalue weighted by Crippen LogP contribution is 2.35. The van der Waals surface area contributed by atoms with Crippen molar-refractivity contribution in [3.05, 3.63) is 125 Å². The Labute approximate surface area is 263 Å². The molecular formula is C40H47FO3. The predicted molar refractivity (Wildman–Crippen MR) is 179 cm³/mol. The van der Waals surface area contributed by atoms with E-state index >= 15 is 0 Å². The molecular weight excluding hydrogens is 547 g/mol. The summed E-state index contributed by atoms with van der Waals surface area (Å²) in [5.41, 5.74) is 2.29. The summed E-state index contributed by atoms with van der Waals surface area (Å²) in [4.78, 5) is 13.0. The normalized spacial score (nSPS) is 13.3. The van der Waals surface area contributed by atoms with E-state index in [-0.39, 0.29) is 16.8 Å². The summed E-state index contributed by atoms with van der Waals surface area (Å²) in [7, 11) is 0. The fraction of sp³-hybridized carbons (Fsp3) is 0.375. The van der Waals surface area contributed by atoms with Crippen LogP contribution < -0.4 is 9.47 Å². The van der Waals surface area contributed by atoms with Crippen molar-refractivity contribution < 1.29 is 18.7 Å². The Balaban J connectivity index is 1.38. The van der Waals surface area contributed by atoms with Crippen LogP contribution in [0.3, 0.4) is 0 Å². The van der Waals surface area contributed by atoms with Crippen molar-refractivity contribution in [3.63, 3.8) is 0 Å². The molecule has 0 fully saturated rings. The minimum Gasteiger partial charge on any atom is -0.488 e. The first-order chi connectivity index (χ1) is 20.8. The van der Waals surface area contributed by atoms with Crippen molar-refractivity contribution in [1.29, 1.82) is 0 Å². The summed E-state index contributed by atoms with van der Waals surface area (Å²) in [5, 5.41) is 0. The minimum absolute atomic E-state index is 0.106. The highest BCUT2D eigenvalue weighted by molar-refractivity contribution is 6.09. The second-order valence-electron chi connectivity index (χ2n) is 13.1. The maximum Gasteiger partial charge on any atom is 0.193 e. The lowest BCUT2D eigenvalue weighted by atomic mass is 9.78. The zero-order chi connectivity index (χ0) is 32.0. The monoisotopic (exact) mass is 594 g/mol. The number of halogens is 1. The lowest BCUT2D eigenvalue weighted by molar-refractivity contribution is 0.0966. The second kappa shape index (κ2) is 13.8. The highest BCUT2D eigenvalue weighted by Gasteiger charge is 2.26. The van der Waals surface area contributed by atoms with Gasteiger partial charge in [-0.1, -0.05) is 89.1 Å². The average molecular weight is 595 g/mol. The third-order valence-corrected chi connectivity index (χ3v) is 8.50. The Morgan fingerprint density at radius 2 is 1.02 bits per heavy atom. The van der Waals surface area contributed by atoms with Gasteiger partial charge < -0.3 is 9.47 Å². The van der Waals surface area contributed by atoms with E-state index < -0.39 is 5.67 Å². The fourth-order valence-electron chi connectivity index (χ4n) is 5.58. The first kappa shape index (κ1) is 33.0. The van der Waals surface area contributed by atoms with Crippen LogP contribution in [0.5, 0.6) is 17.2 Å². The average Bonchev–Trinajstić information content (AvgIpc) is 3.00. The smallest absolute Gasteiger partial charge is 0.193 e. The first-order valence-electron chi connectivity index (χ1n) is 15.9. The largest absolute Gasteiger partial charge is 0.488 e. The second-order valence-corrected chi connectivity index (χ2v) is 13.1. The van der Waals surface area contributed by atoms with Gasteiger partial charge in [0.15, 0.2) is 5.78 Å². The van der Waals surface area contributed by atoms with E-state index in [0.29, 0.717) is 28.9 Å². The van der Waals surface area contributed by atoms with Crippen molar-refractivity contribution in [2.24, 2.45) is 0 Å². The summed E-state index contributed by atoms with van der Waals surface area (Å²) >= 11 is 0. The number of ether oxygens (including phenoxy) is 2. The zero-order valence-corrected chi connectivity index (χ0v) is 27.4. The van der Waals surface area contributed by atoms with Crippen LogP contribution in [0.25, 0.3) is 0 Å². The molecule has 0 saturated carbocycles. The van der Waals surface area contributed by atoms with Crippen molar-refractivity contribution in [3.8, 4) is 17.2 Å². The summed E-state index contributed by atoms with van der Waals surface area (Å²) < 4.78 is 27.2. The first-order valence-corrected chi connectivity index (χ1v) is 15.9. The molecule has 0 bridgehead atoms. The molecule has 44 heavy (non-hydrogen) atoms. The van der Waals surface area contributed by atoms with E-state index in [0.717, 1.165) is 37.2 Å². The van der Waals surface area contributed by atoms with Gasteiger partial charge in [0, 0.05) is 16.5 Å². The molecule has 0 aromatic heterocycles. The zero-order valence-electron chi connectivity index (χ0n) is 27.4. The molecule has 1 unspecified atom stereocenters. The number of unbranched alkanes of at least 4 members (excludes halogenated alkanes) is 1. The molecule has 0 aliphatic carbocycles. The Hall–Kier alpha value is -3.92. The fourth-order valence-corrected chi connectivity index (χ4v) is 5.58. The Morgan fingerprint density at radius 3 is 1.50 bits per heavy atom. The molecule has 0 aliphatic rings. The van der Waals surface area contributed by atoms with Gasteiger partial charge in [-0.2, -0.15) is 0 Å². The summed E-state index contributed by atoms with van der Waals surface area (Å²) in [6, 6.07) is 30.5. The van der Waals surface area contributed by atoms with Crippen LogP contribution in [0.1, 0.15) is 113 Å². The van der Waals surface area contributed by atoms with E-state index in [2.05, 4.69) is 71.0 Å². The number of carbonyl (C=O) groups excluding carboxylic acids is 1. The van der Waals surface area contributed by atoms with Crippen molar-refractivity contribution in [2.45, 2.75) is 97.3 Å². The van der Waals surface area contributed by atoms with Gasteiger partial charge >= 0.3 is 0 Å². The van der Waals surface area contributed by atoms with Gasteiger partial charge in [-0.3, -0.25) is 4.79 Å². The SMILES string of the molecule is CCCCC(C)(C)Oc1ccc(C(C)(C)c2ccc(Oc3ccc(C(=O)c4ccc(C(C)(F)CCC)cc4)cc3)cc2)cc1. The predicted octanol–water partition coefficient (Wildman–Crippen LogP) is 11.4. The Morgan fingerprint density at radius 1 is 0.591 bits per heavy atom. The molecule has 4 heteroatoms. The molecule has 0 saturated heterocycles. The van der Waals surface area contributed by atoms with Crippen molar-refractivity contribution in [1.82, 2.24) is 0 Å². The molecule has 0 aliphatic heterocycles. The van der Waals surface area contributed by atoms with Crippen LogP contribution in [0.2, 0.25) is 0 Å². The van der Waals surface area contributed by atoms with Crippen LogP contribution in [-0.4, -0.2) is 11.4 Å². The highest BCUT2D eigenvalue weighted by atomic mass is 19.1. The lowest BCUT2D eigenvalue weighted by Crippen LogP contribution is -2.28. The molecule has 232 valence electrons. The van der Waals surface area contributed by atoms with Crippen LogP contribution >= 0.6 is 0 Å². The van der Waals surface area contributed by atoms with E-state index in [1.807, 2.05) is 19.1 Å². The lowest BCUT2D eigenvalue weighted by Gasteiger charge is -2.29. The Bertz CT molecular complexity index is 1500. The minimum atomic E-state index is -1.39. The topological polar surface area (TPSA) is 35.5 Å². The number of carbonyl (C=O) groups is 1. The van der Waals surface area contributed by atoms with Gasteiger partial charge in [0.05, 0.1) is 0 Å². The van der Waals surface area contributed by atoms with Gasteiger partial charge in [-0.05, 0) is 105 Å². The maximum absolute atomic E-state index is 14.8. The van der Waals surface area contributed by atoms with Gasteiger partial charge in [0.2, 0.25) is 0 Å². The van der Waals surface area contributed by atoms with Crippen molar-refractivity contribution >= 4 is 5.78 Å². The molecule has 4 rings (SSSR count). The summed E-state index contributed by atoms with van der Waals surface area (Å²) in [6.07, 6.45) is 4.55. The van der Waals surface area contributed by atoms with E-state index in [1.165, 1.54) is 11.1 Å². The number of ketones is 1. The maximum atomic E-state index is 14.8. The molecule has 1 atom stereocenters. The number of hydrogen-bond acceptors (Lipinski definition) is 3. The number of alkyl halides is 1. The third kappa shape index (κ3) is 8.16. The van der Waals surface area contributed by atoms with Crippen LogP contribution in [-0.2, 0) is 11.1 Å². The summed E-state index contributed by atoms with van der Waals surface area (Å²) in [5.74, 6) is 2.16. The van der Waals surface area contributed by atoms with Gasteiger partial charge in [0.1, 0.15) is 28.5 Å². The molecule has 3 nitrogen and oxygen atoms in total. The standard InChI is InChI=1S/C40H47FO3/c1-8-10-28-38(3,4)44-36-25-19-32(20-26-36)39(5,6)31-17-23-35(24-18-31)43-34-21-13-30(14-22-34)37(42)29-11-15-33(16-12-29)40(7,41)27-9-2/h11-26H,8-10,27-28H2,1-7H3. The summed E-state index contributed by atoms with van der Waals surface area (Å²) in [6.45, 7) is 14.5. The van der Waals surface area contributed by atoms with E-state index in [9.17, 15) is 9.18 Å². The molecule has 0 heterocycles. The molecule has 0 N–H and O–H groups in total. The van der Waals surface area contributed by atoms with Crippen LogP contribution in [0, 0.1) is 0 Å². The number of benzene rings is 4. The van der Waals surface area contributed by atoms with E-state index in [4.69, 9.17) is 9.47 Å². The third-order valence-electron chi connectivity index (χ3n) is 8.50. The quantitative estimate of drug-likeness (QED) is 0.136. The van der Waals surface area contributed by atoms with Gasteiger partial charge in [0.25, 0.3) is 0 Å². The number of hydrogen-bond donors (Lipinski definition) is 0. The molecule has 0 spiro atoms. The molecule has 4 aromatic rings. The van der Waals surface area contributed by atoms with Gasteiger partial charge in [-0.25, -0.2) is 4.39 Å². The van der Waals surface area contributed by atoms with Crippen LogP contribution in [0.4, 0.5) is 4.39 Å². The number of rotatable bonds is 14. The van der Waals surface area contributed by atoms with Crippen LogP contribution in [0.15, 0.2) is 97.1 Å². The molecule has 0 radical (unpaired) electrons. The Kier molecular flexibility index (Phi) is 10.3. The molecule has 0 amide bonds. The van der Waals surface area contributed by atoms with E-state index in [1.54, 1.807) is 55.5 Å². The van der Waals surface area contributed by atoms with Crippen molar-refractivity contribution in [2.75, 3.05) is 0 Å². The molecule has 4 aromatic carbocycles.